The highest BCUT2D eigenvalue weighted by molar-refractivity contribution is 7.10. The van der Waals surface area contributed by atoms with Gasteiger partial charge in [-0.25, -0.2) is 14.6 Å². The number of carbonyl (C=O) groups is 4. The molecule has 0 aliphatic carbocycles. The molecule has 3 N–H and O–H groups in total. The van der Waals surface area contributed by atoms with Crippen molar-refractivity contribution in [2.24, 2.45) is 11.3 Å². The van der Waals surface area contributed by atoms with Gasteiger partial charge in [-0.3, -0.25) is 19.6 Å². The Morgan fingerprint density at radius 1 is 1.09 bits per heavy atom. The molecule has 1 aromatic carbocycles. The van der Waals surface area contributed by atoms with Crippen molar-refractivity contribution < 1.29 is 38.5 Å². The normalized spacial score (nSPS) is 22.9. The maximum atomic E-state index is 14.7. The number of rotatable bonds is 9. The van der Waals surface area contributed by atoms with Crippen LogP contribution in [0.5, 0.6) is 0 Å². The Labute approximate surface area is 409 Å². The van der Waals surface area contributed by atoms with Crippen LogP contribution < -0.4 is 10.7 Å². The van der Waals surface area contributed by atoms with E-state index in [2.05, 4.69) is 72.3 Å². The second-order valence-corrected chi connectivity index (χ2v) is 21.5. The molecule has 4 aromatic rings. The number of amides is 4. The summed E-state index contributed by atoms with van der Waals surface area (Å²) in [5.41, 5.74) is 7.77. The summed E-state index contributed by atoms with van der Waals surface area (Å²) < 4.78 is 19.8. The maximum Gasteiger partial charge on any atom is 0.355 e. The minimum Gasteiger partial charge on any atom is -0.462 e. The fraction of sp³-hybridized carbons (Fsp3) is 0.608. The standard InChI is InChI=1S/C51H71N9O8S/c1-10-59-41-13-12-34-24-36(41)38(45(59)37-25-35(28-52-43(37)32(4)66-9)33-14-18-56(7)19-15-33)27-50(5,6)30-68-48(63)51(65)16-11-17-60(55-51)47(62)39(26-42-53-40(34)29-69-42)54-46(61)44(31(2)3)57(8)49(64)58-20-22-67-23-21-58/h12-13,24-25,28-29,31-33,39,44,55,65H,10-11,14-23,26-27,30H2,1-9H3,(H,54,61)/t32-,39-,44-,51-/m0/s1. The number of aliphatic hydroxyl groups is 1. The number of piperidine rings is 1. The zero-order valence-electron chi connectivity index (χ0n) is 41.8. The number of urea groups is 1. The second-order valence-electron chi connectivity index (χ2n) is 20.5. The summed E-state index contributed by atoms with van der Waals surface area (Å²) in [6, 6.07) is 6.33. The minimum absolute atomic E-state index is 0.00474. The third-order valence-electron chi connectivity index (χ3n) is 14.4. The number of cyclic esters (lactones) is 1. The molecule has 374 valence electrons. The molecular weight excluding hydrogens is 899 g/mol. The highest BCUT2D eigenvalue weighted by Gasteiger charge is 2.46. The first-order valence-electron chi connectivity index (χ1n) is 24.6. The monoisotopic (exact) mass is 970 g/mol. The van der Waals surface area contributed by atoms with Crippen molar-refractivity contribution in [1.29, 1.82) is 0 Å². The predicted octanol–water partition coefficient (Wildman–Crippen LogP) is 5.74. The SMILES string of the molecule is CCn1c(-c2cc(C3CCN(C)CC3)cnc2[C@H](C)OC)c2c3cc(ccc31)-c1csc(n1)C[C@H](NC(=O)[C@H](C(C)C)N(C)C(=O)N1CCOCC1)C(=O)N1CCC[C@@](O)(N1)C(=O)OCC(C)(C)C2. The summed E-state index contributed by atoms with van der Waals surface area (Å²) in [5, 5.41) is 19.7. The molecule has 3 aromatic heterocycles. The Bertz CT molecular complexity index is 2530. The van der Waals surface area contributed by atoms with Crippen molar-refractivity contribution in [2.45, 2.75) is 116 Å². The van der Waals surface area contributed by atoms with Crippen molar-refractivity contribution in [3.63, 3.8) is 0 Å². The fourth-order valence-electron chi connectivity index (χ4n) is 10.5. The van der Waals surface area contributed by atoms with Crippen LogP contribution in [0.25, 0.3) is 33.4 Å². The van der Waals surface area contributed by atoms with Crippen LogP contribution in [0.2, 0.25) is 0 Å². The quantitative estimate of drug-likeness (QED) is 0.173. The number of benzene rings is 1. The van der Waals surface area contributed by atoms with E-state index in [-0.39, 0.29) is 50.5 Å². The number of esters is 1. The smallest absolute Gasteiger partial charge is 0.355 e. The number of hydrogen-bond acceptors (Lipinski definition) is 13. The average molecular weight is 970 g/mol. The number of aryl methyl sites for hydroxylation is 1. The summed E-state index contributed by atoms with van der Waals surface area (Å²) in [5.74, 6) is -1.91. The maximum absolute atomic E-state index is 14.7. The van der Waals surface area contributed by atoms with Crippen molar-refractivity contribution in [1.82, 2.24) is 45.0 Å². The molecule has 4 atom stereocenters. The van der Waals surface area contributed by atoms with Gasteiger partial charge in [-0.1, -0.05) is 33.8 Å². The first-order valence-corrected chi connectivity index (χ1v) is 25.5. The molecule has 0 saturated carbocycles. The molecule has 69 heavy (non-hydrogen) atoms. The van der Waals surface area contributed by atoms with Crippen LogP contribution in [0.3, 0.4) is 0 Å². The summed E-state index contributed by atoms with van der Waals surface area (Å²) in [6.45, 7) is 16.5. The molecular formula is C51H71N9O8S. The largest absolute Gasteiger partial charge is 0.462 e. The lowest BCUT2D eigenvalue weighted by Gasteiger charge is -2.40. The third kappa shape index (κ3) is 10.6. The molecule has 0 radical (unpaired) electrons. The van der Waals surface area contributed by atoms with Gasteiger partial charge < -0.3 is 43.9 Å². The van der Waals surface area contributed by atoms with Crippen LogP contribution in [0.15, 0.2) is 35.8 Å². The Hall–Kier alpha value is -4.98. The van der Waals surface area contributed by atoms with Gasteiger partial charge in [0.2, 0.25) is 11.6 Å². The Morgan fingerprint density at radius 3 is 2.52 bits per heavy atom. The molecule has 0 unspecified atom stereocenters. The van der Waals surface area contributed by atoms with E-state index < -0.39 is 41.0 Å². The Morgan fingerprint density at radius 2 is 1.83 bits per heavy atom. The van der Waals surface area contributed by atoms with E-state index in [1.165, 1.54) is 26.8 Å². The van der Waals surface area contributed by atoms with E-state index in [4.69, 9.17) is 24.2 Å². The first-order chi connectivity index (χ1) is 32.9. The van der Waals surface area contributed by atoms with Crippen LogP contribution in [0.1, 0.15) is 101 Å². The zero-order valence-corrected chi connectivity index (χ0v) is 42.6. The number of hydrazine groups is 1. The summed E-state index contributed by atoms with van der Waals surface area (Å²) in [4.78, 5) is 72.6. The van der Waals surface area contributed by atoms with Gasteiger partial charge in [0.05, 0.1) is 48.0 Å². The van der Waals surface area contributed by atoms with Crippen molar-refractivity contribution >= 4 is 46.1 Å². The molecule has 8 rings (SSSR count). The van der Waals surface area contributed by atoms with E-state index >= 15 is 0 Å². The van der Waals surface area contributed by atoms with E-state index in [1.807, 2.05) is 32.3 Å². The van der Waals surface area contributed by atoms with Crippen molar-refractivity contribution in [3.8, 4) is 22.5 Å². The lowest BCUT2D eigenvalue weighted by Crippen LogP contribution is -2.67. The molecule has 18 heteroatoms. The van der Waals surface area contributed by atoms with Gasteiger partial charge in [-0.2, -0.15) is 5.43 Å². The number of fused-ring (bicyclic) bond motifs is 6. The van der Waals surface area contributed by atoms with Crippen LogP contribution in [-0.4, -0.2) is 155 Å². The van der Waals surface area contributed by atoms with Crippen LogP contribution in [0.4, 0.5) is 4.79 Å². The Kier molecular flexibility index (Phi) is 15.2. The lowest BCUT2D eigenvalue weighted by atomic mass is 9.83. The molecule has 3 fully saturated rings. The molecule has 3 saturated heterocycles. The number of pyridine rings is 1. The van der Waals surface area contributed by atoms with Gasteiger partial charge in [-0.15, -0.1) is 11.3 Å². The van der Waals surface area contributed by atoms with E-state index in [9.17, 15) is 24.3 Å². The molecule has 0 spiro atoms. The van der Waals surface area contributed by atoms with Gasteiger partial charge in [0.25, 0.3) is 5.91 Å². The van der Waals surface area contributed by atoms with E-state index in [0.717, 1.165) is 70.6 Å². The molecule has 4 amide bonds. The molecule has 4 aliphatic rings. The van der Waals surface area contributed by atoms with E-state index in [0.29, 0.717) is 50.2 Å². The van der Waals surface area contributed by atoms with Gasteiger partial charge in [0.1, 0.15) is 12.1 Å². The molecule has 17 nitrogen and oxygen atoms in total. The number of thiazole rings is 1. The van der Waals surface area contributed by atoms with Crippen LogP contribution in [-0.2, 0) is 48.0 Å². The van der Waals surface area contributed by atoms with Gasteiger partial charge in [0.15, 0.2) is 0 Å². The summed E-state index contributed by atoms with van der Waals surface area (Å²) >= 11 is 1.38. The van der Waals surface area contributed by atoms with Gasteiger partial charge in [-0.05, 0) is 101 Å². The average Bonchev–Trinajstić information content (AvgIpc) is 3.93. The van der Waals surface area contributed by atoms with E-state index in [1.54, 1.807) is 19.1 Å². The van der Waals surface area contributed by atoms with Gasteiger partial charge >= 0.3 is 12.0 Å². The molecule has 4 aliphatic heterocycles. The highest BCUT2D eigenvalue weighted by Crippen LogP contribution is 2.43. The predicted molar refractivity (Wildman–Crippen MR) is 264 cm³/mol. The molecule has 6 bridgehead atoms. The van der Waals surface area contributed by atoms with Crippen LogP contribution in [0, 0.1) is 11.3 Å². The summed E-state index contributed by atoms with van der Waals surface area (Å²) in [7, 11) is 5.48. The lowest BCUT2D eigenvalue weighted by molar-refractivity contribution is -0.189. The number of nitrogens with zero attached hydrogens (tertiary/aromatic N) is 7. The summed E-state index contributed by atoms with van der Waals surface area (Å²) in [6.07, 6.45) is 4.64. The zero-order chi connectivity index (χ0) is 49.4. The third-order valence-corrected chi connectivity index (χ3v) is 15.3. The minimum atomic E-state index is -2.22. The first kappa shape index (κ1) is 50.4. The Balaban J connectivity index is 1.22. The number of aromatic nitrogens is 3. The number of nitrogens with one attached hydrogen (secondary N) is 2. The number of methoxy groups -OCH3 is 1. The number of morpholine rings is 1. The number of hydrogen-bond donors (Lipinski definition) is 3. The number of likely N-dealkylation sites (tertiary alicyclic amines) is 1. The second kappa shape index (κ2) is 20.8. The number of ether oxygens (including phenoxy) is 3. The number of likely N-dealkylation sites (N-methyl/N-ethyl adjacent to an activating group) is 1. The highest BCUT2D eigenvalue weighted by atomic mass is 32.1. The van der Waals surface area contributed by atoms with Crippen molar-refractivity contribution in [2.75, 3.05) is 73.7 Å². The van der Waals surface area contributed by atoms with Crippen molar-refractivity contribution in [3.05, 3.63) is 57.7 Å². The van der Waals surface area contributed by atoms with Gasteiger partial charge in [0, 0.05) is 92.2 Å². The number of carbonyl (C=O) groups excluding carboxylic acids is 4. The van der Waals surface area contributed by atoms with Crippen LogP contribution >= 0.6 is 11.3 Å². The topological polar surface area (TPSA) is 184 Å². The fourth-order valence-corrected chi connectivity index (χ4v) is 11.4. The molecule has 7 heterocycles.